The molecule has 176 valence electrons. The zero-order valence-corrected chi connectivity index (χ0v) is 20.8. The Hall–Kier alpha value is -1.10. The smallest absolute Gasteiger partial charge is 0.331 e. The molecule has 0 aromatic heterocycles. The molecule has 0 aliphatic heterocycles. The van der Waals surface area contributed by atoms with Crippen molar-refractivity contribution in [2.45, 2.75) is 124 Å². The first-order chi connectivity index (χ1) is 14.0. The normalized spacial score (nSPS) is 16.7. The van der Waals surface area contributed by atoms with E-state index in [1.165, 1.54) is 32.1 Å². The maximum Gasteiger partial charge on any atom is 0.331 e. The first-order valence-electron chi connectivity index (χ1n) is 12.3. The number of nitrogens with one attached hydrogen (secondary N) is 1. The molecule has 0 heterocycles. The average Bonchev–Trinajstić information content (AvgIpc) is 2.64. The van der Waals surface area contributed by atoms with Crippen molar-refractivity contribution in [3.8, 4) is 0 Å². The van der Waals surface area contributed by atoms with E-state index in [2.05, 4.69) is 33.1 Å². The molecule has 1 aliphatic carbocycles. The van der Waals surface area contributed by atoms with Gasteiger partial charge >= 0.3 is 5.97 Å². The van der Waals surface area contributed by atoms with Crippen LogP contribution in [0.1, 0.15) is 113 Å². The summed E-state index contributed by atoms with van der Waals surface area (Å²) in [4.78, 5) is 26.2. The Morgan fingerprint density at radius 1 is 1.00 bits per heavy atom. The van der Waals surface area contributed by atoms with Crippen molar-refractivity contribution in [3.63, 3.8) is 0 Å². The molecule has 0 aromatic rings. The fraction of sp³-hybridized carbons (Fsp3) is 0.920. The molecule has 0 bridgehead atoms. The van der Waals surface area contributed by atoms with Crippen molar-refractivity contribution in [1.82, 2.24) is 10.4 Å². The van der Waals surface area contributed by atoms with Gasteiger partial charge in [-0.25, -0.2) is 10.2 Å². The molecule has 1 amide bonds. The quantitative estimate of drug-likeness (QED) is 0.314. The van der Waals surface area contributed by atoms with Crippen LogP contribution in [0.2, 0.25) is 0 Å². The third-order valence-corrected chi connectivity index (χ3v) is 5.68. The highest BCUT2D eigenvalue weighted by molar-refractivity contribution is 5.84. The highest BCUT2D eigenvalue weighted by Gasteiger charge is 2.33. The number of hydrazine groups is 1. The van der Waals surface area contributed by atoms with Gasteiger partial charge in [-0.3, -0.25) is 9.80 Å². The van der Waals surface area contributed by atoms with Crippen LogP contribution in [-0.4, -0.2) is 35.1 Å². The maximum absolute atomic E-state index is 13.1. The third kappa shape index (κ3) is 11.3. The Kier molecular flexibility index (Phi) is 12.0. The summed E-state index contributed by atoms with van der Waals surface area (Å²) in [6.07, 6.45) is 10.6. The van der Waals surface area contributed by atoms with Crippen LogP contribution < -0.4 is 5.43 Å². The predicted octanol–water partition coefficient (Wildman–Crippen LogP) is 5.87. The van der Waals surface area contributed by atoms with Crippen molar-refractivity contribution in [2.24, 2.45) is 17.8 Å². The zero-order valence-electron chi connectivity index (χ0n) is 20.8. The van der Waals surface area contributed by atoms with Crippen LogP contribution in [0.4, 0.5) is 0 Å². The fourth-order valence-electron chi connectivity index (χ4n) is 3.98. The molecule has 30 heavy (non-hydrogen) atoms. The molecule has 1 atom stereocenters. The minimum absolute atomic E-state index is 0.00197. The topological polar surface area (TPSA) is 58.6 Å². The minimum atomic E-state index is -0.566. The van der Waals surface area contributed by atoms with Crippen LogP contribution >= 0.6 is 0 Å². The molecule has 1 saturated carbocycles. The van der Waals surface area contributed by atoms with Gasteiger partial charge < -0.3 is 4.74 Å². The van der Waals surface area contributed by atoms with Gasteiger partial charge in [-0.2, -0.15) is 0 Å². The van der Waals surface area contributed by atoms with Gasteiger partial charge in [-0.05, 0) is 51.4 Å². The first kappa shape index (κ1) is 26.9. The van der Waals surface area contributed by atoms with Crippen LogP contribution in [0.15, 0.2) is 0 Å². The Balaban J connectivity index is 2.90. The highest BCUT2D eigenvalue weighted by atomic mass is 16.6. The molecule has 1 rings (SSSR count). The Bertz CT molecular complexity index is 505. The largest absolute Gasteiger partial charge is 0.458 e. The van der Waals surface area contributed by atoms with E-state index in [-0.39, 0.29) is 11.9 Å². The average molecular weight is 425 g/mol. The number of carbonyl (C=O) groups is 2. The summed E-state index contributed by atoms with van der Waals surface area (Å²) in [5.74, 6) is 1.31. The van der Waals surface area contributed by atoms with Gasteiger partial charge in [-0.1, -0.05) is 72.6 Å². The van der Waals surface area contributed by atoms with E-state index in [4.69, 9.17) is 4.74 Å². The van der Waals surface area contributed by atoms with Crippen molar-refractivity contribution in [1.29, 1.82) is 0 Å². The van der Waals surface area contributed by atoms with Gasteiger partial charge in [0.2, 0.25) is 5.91 Å². The van der Waals surface area contributed by atoms with Gasteiger partial charge in [0.05, 0.1) is 0 Å². The van der Waals surface area contributed by atoms with Crippen molar-refractivity contribution in [2.75, 3.05) is 6.54 Å². The summed E-state index contributed by atoms with van der Waals surface area (Å²) in [6, 6.07) is -0.564. The highest BCUT2D eigenvalue weighted by Crippen LogP contribution is 2.28. The lowest BCUT2D eigenvalue weighted by atomic mass is 9.85. The summed E-state index contributed by atoms with van der Waals surface area (Å²) in [6.45, 7) is 14.8. The number of nitrogens with zero attached hydrogens (tertiary/aromatic N) is 1. The van der Waals surface area contributed by atoms with E-state index in [1.54, 1.807) is 5.01 Å². The molecule has 1 aliphatic rings. The molecule has 1 N–H and O–H groups in total. The van der Waals surface area contributed by atoms with Crippen LogP contribution in [-0.2, 0) is 14.3 Å². The summed E-state index contributed by atoms with van der Waals surface area (Å²) in [7, 11) is 0. The first-order valence-corrected chi connectivity index (χ1v) is 12.3. The van der Waals surface area contributed by atoms with Crippen molar-refractivity contribution >= 4 is 11.9 Å². The standard InChI is InChI=1S/C25H48N2O3/c1-19(2)16-17-23(28)27(26-18-20(3)4)22(24(29)30-25(5,6)7)15-11-14-21-12-9-8-10-13-21/h19-22,26H,8-18H2,1-7H3/t22-/m1/s1. The van der Waals surface area contributed by atoms with E-state index in [0.717, 1.165) is 25.2 Å². The summed E-state index contributed by atoms with van der Waals surface area (Å²) in [5, 5.41) is 1.61. The van der Waals surface area contributed by atoms with E-state index >= 15 is 0 Å². The number of esters is 1. The van der Waals surface area contributed by atoms with Crippen LogP contribution in [0.3, 0.4) is 0 Å². The minimum Gasteiger partial charge on any atom is -0.458 e. The lowest BCUT2D eigenvalue weighted by Crippen LogP contribution is -2.55. The molecule has 0 spiro atoms. The Labute approximate surface area is 185 Å². The van der Waals surface area contributed by atoms with Crippen LogP contribution in [0, 0.1) is 17.8 Å². The molecular weight excluding hydrogens is 376 g/mol. The van der Waals surface area contributed by atoms with Crippen LogP contribution in [0.5, 0.6) is 0 Å². The second-order valence-corrected chi connectivity index (χ2v) is 10.9. The number of rotatable bonds is 12. The van der Waals surface area contributed by atoms with E-state index in [9.17, 15) is 9.59 Å². The number of carbonyl (C=O) groups excluding carboxylic acids is 2. The van der Waals surface area contributed by atoms with Gasteiger partial charge in [0.25, 0.3) is 0 Å². The van der Waals surface area contributed by atoms with Gasteiger partial charge in [0.15, 0.2) is 0 Å². The SMILES string of the molecule is CC(C)CCC(=O)N(NCC(C)C)[C@H](CCCC1CCCCC1)C(=O)OC(C)(C)C. The van der Waals surface area contributed by atoms with Crippen LogP contribution in [0.25, 0.3) is 0 Å². The maximum atomic E-state index is 13.1. The Morgan fingerprint density at radius 3 is 2.17 bits per heavy atom. The molecule has 0 aromatic carbocycles. The van der Waals surface area contributed by atoms with E-state index in [0.29, 0.717) is 31.2 Å². The van der Waals surface area contributed by atoms with Crippen molar-refractivity contribution < 1.29 is 14.3 Å². The molecule has 5 heteroatoms. The van der Waals surface area contributed by atoms with Gasteiger partial charge in [-0.15, -0.1) is 0 Å². The molecule has 0 radical (unpaired) electrons. The Morgan fingerprint density at radius 2 is 1.63 bits per heavy atom. The molecule has 1 fully saturated rings. The number of ether oxygens (including phenoxy) is 1. The second-order valence-electron chi connectivity index (χ2n) is 10.9. The zero-order chi connectivity index (χ0) is 22.7. The van der Waals surface area contributed by atoms with Gasteiger partial charge in [0.1, 0.15) is 11.6 Å². The van der Waals surface area contributed by atoms with Gasteiger partial charge in [0, 0.05) is 13.0 Å². The lowest BCUT2D eigenvalue weighted by molar-refractivity contribution is -0.168. The number of amides is 1. The molecule has 0 saturated heterocycles. The number of hydrogen-bond donors (Lipinski definition) is 1. The molecular formula is C25H48N2O3. The summed E-state index contributed by atoms with van der Waals surface area (Å²) in [5.41, 5.74) is 2.71. The molecule has 0 unspecified atom stereocenters. The predicted molar refractivity (Wildman–Crippen MR) is 124 cm³/mol. The third-order valence-electron chi connectivity index (χ3n) is 5.68. The van der Waals surface area contributed by atoms with Crippen molar-refractivity contribution in [3.05, 3.63) is 0 Å². The number of hydrogen-bond acceptors (Lipinski definition) is 4. The summed E-state index contributed by atoms with van der Waals surface area (Å²) >= 11 is 0. The lowest BCUT2D eigenvalue weighted by Gasteiger charge is -2.34. The summed E-state index contributed by atoms with van der Waals surface area (Å²) < 4.78 is 5.73. The van der Waals surface area contributed by atoms with E-state index < -0.39 is 11.6 Å². The fourth-order valence-corrected chi connectivity index (χ4v) is 3.98. The van der Waals surface area contributed by atoms with E-state index in [1.807, 2.05) is 20.8 Å². The molecule has 5 nitrogen and oxygen atoms in total. The second kappa shape index (κ2) is 13.3. The monoisotopic (exact) mass is 424 g/mol.